The van der Waals surface area contributed by atoms with Crippen LogP contribution in [-0.2, 0) is 20.2 Å². The van der Waals surface area contributed by atoms with Crippen LogP contribution in [0.2, 0.25) is 0 Å². The molecule has 2 heterocycles. The predicted octanol–water partition coefficient (Wildman–Crippen LogP) is 1.11. The molecule has 17 heavy (non-hydrogen) atoms. The summed E-state index contributed by atoms with van der Waals surface area (Å²) < 4.78 is 7.36. The summed E-state index contributed by atoms with van der Waals surface area (Å²) in [5.74, 6) is 0.772. The van der Waals surface area contributed by atoms with Crippen molar-refractivity contribution in [2.75, 3.05) is 7.05 Å². The minimum atomic E-state index is 0.515. The van der Waals surface area contributed by atoms with Crippen molar-refractivity contribution < 1.29 is 4.74 Å². The molecular formula is C12H16N4O. The summed E-state index contributed by atoms with van der Waals surface area (Å²) in [6.45, 7) is 1.28. The number of rotatable bonds is 5. The molecule has 0 aromatic carbocycles. The molecule has 1 N–H and O–H groups in total. The molecule has 2 rings (SSSR count). The first-order valence-electron chi connectivity index (χ1n) is 5.48. The largest absolute Gasteiger partial charge is 0.487 e. The average molecular weight is 232 g/mol. The molecule has 0 spiro atoms. The van der Waals surface area contributed by atoms with Gasteiger partial charge in [-0.15, -0.1) is 0 Å². The van der Waals surface area contributed by atoms with Crippen molar-refractivity contribution >= 4 is 0 Å². The molecule has 0 unspecified atom stereocenters. The molecule has 0 saturated heterocycles. The van der Waals surface area contributed by atoms with E-state index in [-0.39, 0.29) is 0 Å². The van der Waals surface area contributed by atoms with E-state index in [1.165, 1.54) is 0 Å². The highest BCUT2D eigenvalue weighted by molar-refractivity contribution is 5.20. The summed E-state index contributed by atoms with van der Waals surface area (Å²) in [6.07, 6.45) is 5.47. The maximum Gasteiger partial charge on any atom is 0.138 e. The topological polar surface area (TPSA) is 52.0 Å². The quantitative estimate of drug-likeness (QED) is 0.839. The lowest BCUT2D eigenvalue weighted by Crippen LogP contribution is -2.06. The van der Waals surface area contributed by atoms with E-state index in [0.717, 1.165) is 23.6 Å². The normalized spacial score (nSPS) is 10.5. The fourth-order valence-electron chi connectivity index (χ4n) is 1.50. The molecule has 0 radical (unpaired) electrons. The Balaban J connectivity index is 1.90. The van der Waals surface area contributed by atoms with Crippen molar-refractivity contribution in [1.29, 1.82) is 0 Å². The van der Waals surface area contributed by atoms with Gasteiger partial charge in [-0.1, -0.05) is 0 Å². The summed E-state index contributed by atoms with van der Waals surface area (Å²) in [5.41, 5.74) is 2.05. The van der Waals surface area contributed by atoms with E-state index in [0.29, 0.717) is 6.61 Å². The van der Waals surface area contributed by atoms with Crippen molar-refractivity contribution in [3.05, 3.63) is 42.0 Å². The maximum absolute atomic E-state index is 5.60. The fourth-order valence-corrected chi connectivity index (χ4v) is 1.50. The molecule has 0 aliphatic rings. The van der Waals surface area contributed by atoms with Crippen LogP contribution in [0.4, 0.5) is 0 Å². The van der Waals surface area contributed by atoms with Gasteiger partial charge in [0, 0.05) is 25.4 Å². The number of nitrogens with zero attached hydrogens (tertiary/aromatic N) is 3. The second kappa shape index (κ2) is 5.45. The summed E-state index contributed by atoms with van der Waals surface area (Å²) in [5, 5.41) is 7.13. The van der Waals surface area contributed by atoms with E-state index in [2.05, 4.69) is 15.4 Å². The van der Waals surface area contributed by atoms with Gasteiger partial charge in [0.25, 0.3) is 0 Å². The number of nitrogens with one attached hydrogen (secondary N) is 1. The van der Waals surface area contributed by atoms with Gasteiger partial charge < -0.3 is 10.1 Å². The van der Waals surface area contributed by atoms with E-state index >= 15 is 0 Å². The molecule has 5 nitrogen and oxygen atoms in total. The van der Waals surface area contributed by atoms with E-state index in [1.807, 2.05) is 32.4 Å². The van der Waals surface area contributed by atoms with Crippen LogP contribution in [0, 0.1) is 0 Å². The zero-order valence-electron chi connectivity index (χ0n) is 10.1. The van der Waals surface area contributed by atoms with Crippen molar-refractivity contribution in [3.8, 4) is 5.75 Å². The van der Waals surface area contributed by atoms with Gasteiger partial charge in [0.2, 0.25) is 0 Å². The smallest absolute Gasteiger partial charge is 0.138 e. The lowest BCUT2D eigenvalue weighted by atomic mass is 10.3. The second-order valence-electron chi connectivity index (χ2n) is 3.83. The average Bonchev–Trinajstić information content (AvgIpc) is 2.75. The van der Waals surface area contributed by atoms with Gasteiger partial charge in [-0.05, 0) is 19.2 Å². The highest BCUT2D eigenvalue weighted by Gasteiger charge is 1.99. The summed E-state index contributed by atoms with van der Waals surface area (Å²) in [4.78, 5) is 4.28. The zero-order valence-corrected chi connectivity index (χ0v) is 10.1. The van der Waals surface area contributed by atoms with Crippen LogP contribution in [0.5, 0.6) is 5.75 Å². The van der Waals surface area contributed by atoms with Gasteiger partial charge in [0.1, 0.15) is 12.4 Å². The number of aryl methyl sites for hydroxylation is 1. The molecule has 0 bridgehead atoms. The Morgan fingerprint density at radius 1 is 1.35 bits per heavy atom. The predicted molar refractivity (Wildman–Crippen MR) is 64.5 cm³/mol. The Bertz CT molecular complexity index is 464. The van der Waals surface area contributed by atoms with Crippen LogP contribution in [-0.4, -0.2) is 21.8 Å². The summed E-state index contributed by atoms with van der Waals surface area (Å²) in [6, 6.07) is 3.88. The van der Waals surface area contributed by atoms with Crippen LogP contribution in [0.3, 0.4) is 0 Å². The molecule has 5 heteroatoms. The SMILES string of the molecule is CNCc1ccc(OCc2cnn(C)c2)cn1. The van der Waals surface area contributed by atoms with Gasteiger partial charge >= 0.3 is 0 Å². The van der Waals surface area contributed by atoms with Crippen LogP contribution in [0.15, 0.2) is 30.7 Å². The molecule has 0 atom stereocenters. The molecule has 2 aromatic rings. The van der Waals surface area contributed by atoms with Gasteiger partial charge in [0.15, 0.2) is 0 Å². The Labute approximate surface area is 100 Å². The first-order valence-corrected chi connectivity index (χ1v) is 5.48. The maximum atomic E-state index is 5.60. The molecule has 0 aliphatic carbocycles. The van der Waals surface area contributed by atoms with Crippen molar-refractivity contribution in [1.82, 2.24) is 20.1 Å². The molecule has 2 aromatic heterocycles. The van der Waals surface area contributed by atoms with Crippen molar-refractivity contribution in [3.63, 3.8) is 0 Å². The van der Waals surface area contributed by atoms with Gasteiger partial charge in [-0.25, -0.2) is 0 Å². The van der Waals surface area contributed by atoms with Gasteiger partial charge in [-0.3, -0.25) is 9.67 Å². The molecule has 0 amide bonds. The minimum Gasteiger partial charge on any atom is -0.487 e. The zero-order chi connectivity index (χ0) is 12.1. The first kappa shape index (κ1) is 11.6. The third kappa shape index (κ3) is 3.29. The number of ether oxygens (including phenoxy) is 1. The van der Waals surface area contributed by atoms with E-state index < -0.39 is 0 Å². The van der Waals surface area contributed by atoms with Crippen molar-refractivity contribution in [2.24, 2.45) is 7.05 Å². The van der Waals surface area contributed by atoms with Crippen LogP contribution in [0.1, 0.15) is 11.3 Å². The number of aromatic nitrogens is 3. The van der Waals surface area contributed by atoms with Crippen LogP contribution in [0.25, 0.3) is 0 Å². The summed E-state index contributed by atoms with van der Waals surface area (Å²) >= 11 is 0. The number of hydrogen-bond acceptors (Lipinski definition) is 4. The highest BCUT2D eigenvalue weighted by atomic mass is 16.5. The number of hydrogen-bond donors (Lipinski definition) is 1. The van der Waals surface area contributed by atoms with Crippen LogP contribution < -0.4 is 10.1 Å². The van der Waals surface area contributed by atoms with E-state index in [1.54, 1.807) is 17.1 Å². The lowest BCUT2D eigenvalue weighted by Gasteiger charge is -2.05. The Kier molecular flexibility index (Phi) is 3.72. The minimum absolute atomic E-state index is 0.515. The lowest BCUT2D eigenvalue weighted by molar-refractivity contribution is 0.304. The van der Waals surface area contributed by atoms with E-state index in [4.69, 9.17) is 4.74 Å². The second-order valence-corrected chi connectivity index (χ2v) is 3.83. The Morgan fingerprint density at radius 3 is 2.82 bits per heavy atom. The third-order valence-corrected chi connectivity index (χ3v) is 2.32. The molecule has 0 saturated carbocycles. The monoisotopic (exact) mass is 232 g/mol. The summed E-state index contributed by atoms with van der Waals surface area (Å²) in [7, 11) is 3.78. The van der Waals surface area contributed by atoms with Gasteiger partial charge in [0.05, 0.1) is 18.1 Å². The molecule has 0 fully saturated rings. The molecule has 90 valence electrons. The Hall–Kier alpha value is -1.88. The van der Waals surface area contributed by atoms with E-state index in [9.17, 15) is 0 Å². The van der Waals surface area contributed by atoms with Gasteiger partial charge in [-0.2, -0.15) is 5.10 Å². The molecular weight excluding hydrogens is 216 g/mol. The highest BCUT2D eigenvalue weighted by Crippen LogP contribution is 2.11. The third-order valence-electron chi connectivity index (χ3n) is 2.32. The fraction of sp³-hybridized carbons (Fsp3) is 0.333. The van der Waals surface area contributed by atoms with Crippen molar-refractivity contribution in [2.45, 2.75) is 13.2 Å². The standard InChI is InChI=1S/C12H16N4O/c1-13-6-11-3-4-12(7-14-11)17-9-10-5-15-16(2)8-10/h3-5,7-8,13H,6,9H2,1-2H3. The Morgan fingerprint density at radius 2 is 2.24 bits per heavy atom. The molecule has 0 aliphatic heterocycles. The number of pyridine rings is 1. The van der Waals surface area contributed by atoms with Crippen LogP contribution >= 0.6 is 0 Å². The first-order chi connectivity index (χ1) is 8.28.